The Morgan fingerprint density at radius 3 is 2.43 bits per heavy atom. The van der Waals surface area contributed by atoms with Crippen molar-refractivity contribution in [3.63, 3.8) is 0 Å². The van der Waals surface area contributed by atoms with Crippen LogP contribution in [0.5, 0.6) is 11.8 Å². The van der Waals surface area contributed by atoms with Gasteiger partial charge >= 0.3 is 12.3 Å². The summed E-state index contributed by atoms with van der Waals surface area (Å²) in [6.45, 7) is 6.65. The van der Waals surface area contributed by atoms with Crippen LogP contribution in [0, 0.1) is 17.8 Å². The molecule has 2 aliphatic carbocycles. The summed E-state index contributed by atoms with van der Waals surface area (Å²) in [5.41, 5.74) is -4.91. The molecule has 1 aromatic heterocycles. The number of hydrogen-bond donors (Lipinski definition) is 3. The van der Waals surface area contributed by atoms with Crippen LogP contribution in [0.1, 0.15) is 86.5 Å². The number of carbonyl (C=O) groups is 4. The van der Waals surface area contributed by atoms with E-state index in [9.17, 15) is 45.5 Å². The fraction of sp³-hybridized carbons (Fsp3) is 0.634. The second-order valence-electron chi connectivity index (χ2n) is 17.6. The van der Waals surface area contributed by atoms with E-state index < -0.39 is 99.1 Å². The molecule has 7 atom stereocenters. The van der Waals surface area contributed by atoms with Crippen molar-refractivity contribution in [3.05, 3.63) is 42.5 Å². The Balaban J connectivity index is 1.43. The van der Waals surface area contributed by atoms with E-state index in [0.717, 1.165) is 4.90 Å². The van der Waals surface area contributed by atoms with Gasteiger partial charge in [0.2, 0.25) is 33.6 Å². The van der Waals surface area contributed by atoms with Gasteiger partial charge in [0.15, 0.2) is 0 Å². The molecular formula is C41H53F4N5O9S. The first-order valence-electron chi connectivity index (χ1n) is 20.2. The third-order valence-electron chi connectivity index (χ3n) is 12.3. The molecule has 3 N–H and O–H groups in total. The fourth-order valence-electron chi connectivity index (χ4n) is 8.43. The van der Waals surface area contributed by atoms with E-state index in [1.54, 1.807) is 56.3 Å². The monoisotopic (exact) mass is 867 g/mol. The summed E-state index contributed by atoms with van der Waals surface area (Å²) < 4.78 is 97.0. The fourth-order valence-corrected chi connectivity index (χ4v) is 9.86. The summed E-state index contributed by atoms with van der Waals surface area (Å²) in [5, 5.41) is 14.4. The molecule has 14 nitrogen and oxygen atoms in total. The summed E-state index contributed by atoms with van der Waals surface area (Å²) in [4.78, 5) is 62.2. The number of carboxylic acid groups (broad SMARTS) is 1. The maximum Gasteiger partial charge on any atom is 0.411 e. The van der Waals surface area contributed by atoms with Gasteiger partial charge in [0.1, 0.15) is 40.7 Å². The molecule has 1 aromatic carbocycles. The minimum Gasteiger partial charge on any atom is -0.475 e. The van der Waals surface area contributed by atoms with Gasteiger partial charge in [-0.25, -0.2) is 17.6 Å². The summed E-state index contributed by atoms with van der Waals surface area (Å²) >= 11 is 0. The lowest BCUT2D eigenvalue weighted by Gasteiger charge is -2.45. The number of halogens is 4. The smallest absolute Gasteiger partial charge is 0.411 e. The normalized spacial score (nSPS) is 29.0. The van der Waals surface area contributed by atoms with E-state index in [2.05, 4.69) is 10.3 Å². The zero-order valence-electron chi connectivity index (χ0n) is 34.4. The number of hydrogen-bond acceptors (Lipinski definition) is 9. The molecule has 0 spiro atoms. The molecule has 4 aliphatic rings. The number of nitrogens with zero attached hydrogens (tertiary/aromatic N) is 3. The maximum absolute atomic E-state index is 15.1. The van der Waals surface area contributed by atoms with Crippen LogP contribution in [-0.2, 0) is 24.4 Å². The summed E-state index contributed by atoms with van der Waals surface area (Å²) in [6.07, 6.45) is -4.31. The van der Waals surface area contributed by atoms with E-state index in [0.29, 0.717) is 37.5 Å². The number of pyridine rings is 1. The van der Waals surface area contributed by atoms with Crippen molar-refractivity contribution in [1.29, 1.82) is 0 Å². The van der Waals surface area contributed by atoms with Crippen LogP contribution in [-0.4, -0.2) is 112 Å². The molecule has 0 radical (unpaired) electrons. The Morgan fingerprint density at radius 1 is 1.13 bits per heavy atom. The number of nitrogens with one attached hydrogen (secondary N) is 2. The van der Waals surface area contributed by atoms with Crippen molar-refractivity contribution < 1.29 is 59.7 Å². The average molecular weight is 868 g/mol. The van der Waals surface area contributed by atoms with Gasteiger partial charge in [-0.05, 0) is 89.5 Å². The standard InChI is InChI=1S/C41H53F4N5O9S/c1-23(2)58-31-18-26-12-8-10-14-29(26)34(46-31)59-28-19-30-33(51)47-40(36(53)48-60(56,57)39(22-42)15-16-39)20-27(40)13-9-7-11-24(3)17-25(4)32(35(52)49(30)21-28)50(37(54)55)38(5,6)41(43,44)45/h8-10,12-14,18,23-25,27-28,30,32H,7,11,15-17,19-22H2,1-6H3,(H,47,51)(H,48,53)(H,54,55)/b13-9-/t24-,25+,27+,28+,30-,32-,40+/m0/s1. The van der Waals surface area contributed by atoms with Crippen molar-refractivity contribution >= 4 is 44.6 Å². The van der Waals surface area contributed by atoms with Crippen molar-refractivity contribution in [2.24, 2.45) is 17.8 Å². The van der Waals surface area contributed by atoms with Gasteiger partial charge in [0.25, 0.3) is 5.91 Å². The number of sulfonamides is 1. The van der Waals surface area contributed by atoms with Crippen molar-refractivity contribution in [3.8, 4) is 11.8 Å². The number of aromatic nitrogens is 1. The quantitative estimate of drug-likeness (QED) is 0.192. The van der Waals surface area contributed by atoms with E-state index in [1.165, 1.54) is 6.92 Å². The van der Waals surface area contributed by atoms with Crippen LogP contribution in [0.4, 0.5) is 22.4 Å². The first kappa shape index (κ1) is 44.9. The molecule has 19 heteroatoms. The Bertz CT molecular complexity index is 2150. The minimum atomic E-state index is -5.12. The van der Waals surface area contributed by atoms with Crippen LogP contribution in [0.25, 0.3) is 10.8 Å². The van der Waals surface area contributed by atoms with Crippen LogP contribution in [0.15, 0.2) is 42.5 Å². The Hall–Kier alpha value is -4.68. The molecule has 2 aromatic rings. The zero-order valence-corrected chi connectivity index (χ0v) is 35.2. The van der Waals surface area contributed by atoms with Crippen molar-refractivity contribution in [1.82, 2.24) is 24.8 Å². The van der Waals surface area contributed by atoms with Crippen molar-refractivity contribution in [2.75, 3.05) is 13.2 Å². The number of fused-ring (bicyclic) bond motifs is 3. The molecular weight excluding hydrogens is 815 g/mol. The third-order valence-corrected chi connectivity index (χ3v) is 14.4. The number of ether oxygens (including phenoxy) is 2. The second kappa shape index (κ2) is 16.3. The minimum absolute atomic E-state index is 0.00224. The number of allylic oxidation sites excluding steroid dienone is 1. The summed E-state index contributed by atoms with van der Waals surface area (Å²) in [6, 6.07) is 5.29. The lowest BCUT2D eigenvalue weighted by atomic mass is 9.85. The van der Waals surface area contributed by atoms with Gasteiger partial charge in [-0.15, -0.1) is 0 Å². The number of benzene rings is 1. The largest absolute Gasteiger partial charge is 0.475 e. The molecule has 1 saturated heterocycles. The highest BCUT2D eigenvalue weighted by Gasteiger charge is 2.64. The molecule has 2 saturated carbocycles. The molecule has 60 heavy (non-hydrogen) atoms. The molecule has 3 fully saturated rings. The van der Waals surface area contributed by atoms with Crippen LogP contribution >= 0.6 is 0 Å². The first-order chi connectivity index (χ1) is 28.0. The summed E-state index contributed by atoms with van der Waals surface area (Å²) in [5.74, 6) is -4.76. The van der Waals surface area contributed by atoms with E-state index >= 15 is 4.79 Å². The third kappa shape index (κ3) is 8.59. The van der Waals surface area contributed by atoms with Gasteiger partial charge in [0, 0.05) is 23.8 Å². The number of amides is 4. The zero-order chi connectivity index (χ0) is 44.2. The average Bonchev–Trinajstić information content (AvgIpc) is 4.05. The predicted octanol–water partition coefficient (Wildman–Crippen LogP) is 5.90. The Morgan fingerprint density at radius 2 is 1.82 bits per heavy atom. The second-order valence-corrected chi connectivity index (χ2v) is 19.7. The molecule has 4 amide bonds. The highest BCUT2D eigenvalue weighted by atomic mass is 32.2. The predicted molar refractivity (Wildman–Crippen MR) is 211 cm³/mol. The Labute approximate surface area is 346 Å². The van der Waals surface area contributed by atoms with Crippen molar-refractivity contribution in [2.45, 2.75) is 133 Å². The molecule has 330 valence electrons. The van der Waals surface area contributed by atoms with E-state index in [1.807, 2.05) is 11.6 Å². The maximum atomic E-state index is 15.1. The van der Waals surface area contributed by atoms with Crippen LogP contribution in [0.2, 0.25) is 0 Å². The van der Waals surface area contributed by atoms with Gasteiger partial charge in [-0.3, -0.25) is 24.0 Å². The lowest BCUT2D eigenvalue weighted by molar-refractivity contribution is -0.222. The molecule has 0 bridgehead atoms. The number of rotatable bonds is 10. The highest BCUT2D eigenvalue weighted by molar-refractivity contribution is 7.91. The van der Waals surface area contributed by atoms with E-state index in [-0.39, 0.29) is 60.8 Å². The molecule has 0 unspecified atom stereocenters. The summed E-state index contributed by atoms with van der Waals surface area (Å²) in [7, 11) is -4.51. The first-order valence-corrected chi connectivity index (χ1v) is 21.7. The van der Waals surface area contributed by atoms with Crippen LogP contribution < -0.4 is 19.5 Å². The Kier molecular flexibility index (Phi) is 12.2. The number of carbonyl (C=O) groups excluding carboxylic acids is 3. The van der Waals surface area contributed by atoms with E-state index in [4.69, 9.17) is 9.47 Å². The highest BCUT2D eigenvalue weighted by Crippen LogP contribution is 2.48. The van der Waals surface area contributed by atoms with Gasteiger partial charge in [0.05, 0.1) is 12.6 Å². The topological polar surface area (TPSA) is 185 Å². The SMILES string of the molecule is CC(C)Oc1cc2ccccc2c(O[C@@H]2C[C@H]3C(=O)N[C@]4(C(=O)NS(=O)(=O)C5(CF)CC5)C[C@H]4/C=C\CC[C@H](C)C[C@@H](C)[C@H](N(C(=O)O)C(C)(C)C(F)(F)F)C(=O)N3C2)n1. The van der Waals surface area contributed by atoms with Gasteiger partial charge < -0.3 is 24.8 Å². The van der Waals surface area contributed by atoms with Crippen LogP contribution in [0.3, 0.4) is 0 Å². The van der Waals surface area contributed by atoms with Gasteiger partial charge in [-0.1, -0.05) is 44.2 Å². The number of alkyl halides is 4. The van der Waals surface area contributed by atoms with Gasteiger partial charge in [-0.2, -0.15) is 18.2 Å². The lowest BCUT2D eigenvalue weighted by Crippen LogP contribution is -2.66. The molecule has 2 aliphatic heterocycles. The molecule has 3 heterocycles. The molecule has 6 rings (SSSR count).